The zero-order chi connectivity index (χ0) is 16.2. The summed E-state index contributed by atoms with van der Waals surface area (Å²) < 4.78 is -1.96. The van der Waals surface area contributed by atoms with Crippen LogP contribution in [-0.2, 0) is 16.1 Å². The summed E-state index contributed by atoms with van der Waals surface area (Å²) in [6.07, 6.45) is 2.73. The molecule has 1 aromatic carbocycles. The van der Waals surface area contributed by atoms with Gasteiger partial charge in [-0.2, -0.15) is 0 Å². The SMILES string of the molecule is O=C1CCC(CN(Cc2ccccc2)C(=O)C(Cl)(Cl)Cl)CC1. The number of ketones is 1. The Bertz CT molecular complexity index is 518. The maximum atomic E-state index is 12.4. The molecule has 1 aliphatic carbocycles. The normalized spacial score (nSPS) is 16.6. The highest BCUT2D eigenvalue weighted by molar-refractivity contribution is 6.76. The van der Waals surface area contributed by atoms with Gasteiger partial charge in [-0.3, -0.25) is 9.59 Å². The van der Waals surface area contributed by atoms with Gasteiger partial charge in [-0.05, 0) is 24.3 Å². The minimum Gasteiger partial charge on any atom is -0.334 e. The van der Waals surface area contributed by atoms with Crippen molar-refractivity contribution >= 4 is 46.5 Å². The summed E-state index contributed by atoms with van der Waals surface area (Å²) in [6.45, 7) is 0.910. The molecule has 6 heteroatoms. The highest BCUT2D eigenvalue weighted by atomic mass is 35.6. The predicted octanol–water partition coefficient (Wildman–Crippen LogP) is 4.14. The first-order valence-electron chi connectivity index (χ1n) is 7.28. The first-order valence-corrected chi connectivity index (χ1v) is 8.41. The highest BCUT2D eigenvalue weighted by Gasteiger charge is 2.36. The van der Waals surface area contributed by atoms with Crippen LogP contribution < -0.4 is 0 Å². The Hall–Kier alpha value is -0.770. The Morgan fingerprint density at radius 2 is 1.73 bits per heavy atom. The number of halogens is 3. The van der Waals surface area contributed by atoms with E-state index in [0.29, 0.717) is 31.7 Å². The first-order chi connectivity index (χ1) is 10.4. The molecule has 0 N–H and O–H groups in total. The summed E-state index contributed by atoms with van der Waals surface area (Å²) >= 11 is 17.3. The van der Waals surface area contributed by atoms with Gasteiger partial charge in [-0.25, -0.2) is 0 Å². The predicted molar refractivity (Wildman–Crippen MR) is 89.1 cm³/mol. The van der Waals surface area contributed by atoms with Crippen LogP contribution in [0.4, 0.5) is 0 Å². The van der Waals surface area contributed by atoms with Gasteiger partial charge in [-0.15, -0.1) is 0 Å². The number of Topliss-reactive ketones (excluding diaryl/α,β-unsaturated/α-hetero) is 1. The van der Waals surface area contributed by atoms with Gasteiger partial charge in [0, 0.05) is 25.9 Å². The number of carbonyl (C=O) groups is 2. The number of hydrogen-bond donors (Lipinski definition) is 0. The largest absolute Gasteiger partial charge is 0.334 e. The van der Waals surface area contributed by atoms with E-state index in [-0.39, 0.29) is 5.92 Å². The van der Waals surface area contributed by atoms with Crippen molar-refractivity contribution in [1.82, 2.24) is 4.90 Å². The Kier molecular flexibility index (Phi) is 6.13. The molecule has 1 amide bonds. The maximum absolute atomic E-state index is 12.4. The van der Waals surface area contributed by atoms with Crippen LogP contribution in [0.1, 0.15) is 31.2 Å². The number of nitrogens with zero attached hydrogens (tertiary/aromatic N) is 1. The van der Waals surface area contributed by atoms with E-state index >= 15 is 0 Å². The standard InChI is InChI=1S/C16H18Cl3NO2/c17-16(18,19)15(22)20(10-12-4-2-1-3-5-12)11-13-6-8-14(21)9-7-13/h1-5,13H,6-11H2. The third kappa shape index (κ3) is 5.15. The van der Waals surface area contributed by atoms with E-state index in [0.717, 1.165) is 18.4 Å². The molecule has 0 aromatic heterocycles. The van der Waals surface area contributed by atoms with Crippen molar-refractivity contribution in [2.45, 2.75) is 36.0 Å². The fourth-order valence-electron chi connectivity index (χ4n) is 2.70. The van der Waals surface area contributed by atoms with Gasteiger partial charge in [0.1, 0.15) is 5.78 Å². The molecule has 1 saturated carbocycles. The average molecular weight is 363 g/mol. The van der Waals surface area contributed by atoms with Crippen molar-refractivity contribution in [3.63, 3.8) is 0 Å². The van der Waals surface area contributed by atoms with Crippen LogP contribution in [-0.4, -0.2) is 26.9 Å². The quantitative estimate of drug-likeness (QED) is 0.755. The Balaban J connectivity index is 2.07. The highest BCUT2D eigenvalue weighted by Crippen LogP contribution is 2.31. The number of hydrogen-bond acceptors (Lipinski definition) is 2. The van der Waals surface area contributed by atoms with Gasteiger partial charge < -0.3 is 4.90 Å². The van der Waals surface area contributed by atoms with E-state index in [9.17, 15) is 9.59 Å². The molecular formula is C16H18Cl3NO2. The van der Waals surface area contributed by atoms with E-state index in [4.69, 9.17) is 34.8 Å². The molecule has 0 bridgehead atoms. The van der Waals surface area contributed by atoms with Crippen LogP contribution in [0.5, 0.6) is 0 Å². The summed E-state index contributed by atoms with van der Waals surface area (Å²) in [7, 11) is 0. The van der Waals surface area contributed by atoms with Gasteiger partial charge in [0.15, 0.2) is 0 Å². The van der Waals surface area contributed by atoms with E-state index in [1.807, 2.05) is 30.3 Å². The fraction of sp³-hybridized carbons (Fsp3) is 0.500. The third-order valence-corrected chi connectivity index (χ3v) is 4.37. The molecule has 2 rings (SSSR count). The molecule has 3 nitrogen and oxygen atoms in total. The molecule has 0 saturated heterocycles. The van der Waals surface area contributed by atoms with Crippen LogP contribution in [0.3, 0.4) is 0 Å². The van der Waals surface area contributed by atoms with Gasteiger partial charge in [0.2, 0.25) is 0 Å². The first kappa shape index (κ1) is 17.6. The number of rotatable bonds is 4. The van der Waals surface area contributed by atoms with Crippen molar-refractivity contribution < 1.29 is 9.59 Å². The number of alkyl halides is 3. The van der Waals surface area contributed by atoms with Gasteiger partial charge >= 0.3 is 0 Å². The summed E-state index contributed by atoms with van der Waals surface area (Å²) in [5.41, 5.74) is 0.983. The minimum atomic E-state index is -1.96. The fourth-order valence-corrected chi connectivity index (χ4v) is 3.05. The molecule has 0 radical (unpaired) electrons. The van der Waals surface area contributed by atoms with Crippen molar-refractivity contribution in [2.75, 3.05) is 6.54 Å². The number of carbonyl (C=O) groups excluding carboxylic acids is 2. The van der Waals surface area contributed by atoms with E-state index in [1.165, 1.54) is 0 Å². The molecule has 0 atom stereocenters. The summed E-state index contributed by atoms with van der Waals surface area (Å²) in [5, 5.41) is 0. The van der Waals surface area contributed by atoms with Crippen molar-refractivity contribution in [3.8, 4) is 0 Å². The zero-order valence-corrected chi connectivity index (χ0v) is 14.4. The van der Waals surface area contributed by atoms with Crippen LogP contribution >= 0.6 is 34.8 Å². The second kappa shape index (κ2) is 7.67. The van der Waals surface area contributed by atoms with Gasteiger partial charge in [0.05, 0.1) is 0 Å². The third-order valence-electron chi connectivity index (χ3n) is 3.89. The summed E-state index contributed by atoms with van der Waals surface area (Å²) in [4.78, 5) is 25.3. The molecule has 0 unspecified atom stereocenters. The maximum Gasteiger partial charge on any atom is 0.275 e. The molecule has 1 aromatic rings. The minimum absolute atomic E-state index is 0.276. The van der Waals surface area contributed by atoms with Gasteiger partial charge in [-0.1, -0.05) is 65.1 Å². The van der Waals surface area contributed by atoms with Crippen molar-refractivity contribution in [3.05, 3.63) is 35.9 Å². The summed E-state index contributed by atoms with van der Waals surface area (Å²) in [5.74, 6) is 0.0505. The van der Waals surface area contributed by atoms with Crippen molar-refractivity contribution in [2.24, 2.45) is 5.92 Å². The van der Waals surface area contributed by atoms with Gasteiger partial charge in [0.25, 0.3) is 9.70 Å². The lowest BCUT2D eigenvalue weighted by molar-refractivity contribution is -0.131. The lowest BCUT2D eigenvalue weighted by atomic mass is 9.88. The van der Waals surface area contributed by atoms with Crippen LogP contribution in [0, 0.1) is 5.92 Å². The molecule has 120 valence electrons. The number of benzene rings is 1. The average Bonchev–Trinajstić information content (AvgIpc) is 2.48. The molecular weight excluding hydrogens is 345 g/mol. The molecule has 1 fully saturated rings. The number of amides is 1. The molecule has 0 heterocycles. The molecule has 0 spiro atoms. The zero-order valence-electron chi connectivity index (χ0n) is 12.1. The van der Waals surface area contributed by atoms with E-state index in [2.05, 4.69) is 0 Å². The van der Waals surface area contributed by atoms with E-state index < -0.39 is 9.70 Å². The smallest absolute Gasteiger partial charge is 0.275 e. The second-order valence-electron chi connectivity index (χ2n) is 5.65. The van der Waals surface area contributed by atoms with Crippen LogP contribution in [0.15, 0.2) is 30.3 Å². The molecule has 0 aliphatic heterocycles. The van der Waals surface area contributed by atoms with Crippen LogP contribution in [0.25, 0.3) is 0 Å². The summed E-state index contributed by atoms with van der Waals surface area (Å²) in [6, 6.07) is 9.60. The Morgan fingerprint density at radius 3 is 2.27 bits per heavy atom. The van der Waals surface area contributed by atoms with Crippen molar-refractivity contribution in [1.29, 1.82) is 0 Å². The second-order valence-corrected chi connectivity index (χ2v) is 7.93. The van der Waals surface area contributed by atoms with Crippen LogP contribution in [0.2, 0.25) is 0 Å². The lowest BCUT2D eigenvalue weighted by Crippen LogP contribution is -2.42. The monoisotopic (exact) mass is 361 g/mol. The molecule has 22 heavy (non-hydrogen) atoms. The topological polar surface area (TPSA) is 37.4 Å². The Morgan fingerprint density at radius 1 is 1.14 bits per heavy atom. The van der Waals surface area contributed by atoms with E-state index in [1.54, 1.807) is 4.90 Å². The lowest BCUT2D eigenvalue weighted by Gasteiger charge is -2.31. The molecule has 1 aliphatic rings. The Labute approximate surface area is 145 Å².